The van der Waals surface area contributed by atoms with Gasteiger partial charge in [0.1, 0.15) is 0 Å². The van der Waals surface area contributed by atoms with Crippen molar-refractivity contribution in [1.29, 1.82) is 0 Å². The molecule has 1 aromatic heterocycles. The maximum Gasteiger partial charge on any atom is 0.228 e. The summed E-state index contributed by atoms with van der Waals surface area (Å²) in [6.45, 7) is 0. The zero-order valence-corrected chi connectivity index (χ0v) is 10.1. The molecule has 1 aromatic rings. The summed E-state index contributed by atoms with van der Waals surface area (Å²) in [5.41, 5.74) is 6.46. The largest absolute Gasteiger partial charge is 0.480 e. The van der Waals surface area contributed by atoms with Crippen molar-refractivity contribution in [2.24, 2.45) is 0 Å². The highest BCUT2D eigenvalue weighted by molar-refractivity contribution is 14.1. The Morgan fingerprint density at radius 1 is 1.55 bits per heavy atom. The van der Waals surface area contributed by atoms with Crippen LogP contribution in [0.5, 0.6) is 5.88 Å². The van der Waals surface area contributed by atoms with Crippen LogP contribution in [0.3, 0.4) is 0 Å². The van der Waals surface area contributed by atoms with Gasteiger partial charge >= 0.3 is 0 Å². The smallest absolute Gasteiger partial charge is 0.228 e. The molecule has 1 heterocycles. The summed E-state index contributed by atoms with van der Waals surface area (Å²) in [5.74, 6) is 0.587. The third kappa shape index (κ3) is 1.86. The topological polar surface area (TPSA) is 48.1 Å². The minimum Gasteiger partial charge on any atom is -0.480 e. The molecule has 0 aliphatic rings. The molecule has 0 aliphatic carbocycles. The SMILES string of the molecule is COc1ncc(I)c(N)c1I. The molecule has 0 radical (unpaired) electrons. The molecule has 1 rings (SSSR count). The fraction of sp³-hybridized carbons (Fsp3) is 0.167. The molecule has 11 heavy (non-hydrogen) atoms. The van der Waals surface area contributed by atoms with E-state index in [1.165, 1.54) is 0 Å². The third-order valence-corrected chi connectivity index (χ3v) is 3.07. The number of halogens is 2. The summed E-state index contributed by atoms with van der Waals surface area (Å²) in [7, 11) is 1.58. The van der Waals surface area contributed by atoms with Crippen molar-refractivity contribution >= 4 is 50.9 Å². The molecule has 0 aromatic carbocycles. The van der Waals surface area contributed by atoms with Gasteiger partial charge in [0.15, 0.2) is 0 Å². The summed E-state index contributed by atoms with van der Waals surface area (Å²) in [4.78, 5) is 4.04. The van der Waals surface area contributed by atoms with E-state index in [1.54, 1.807) is 13.3 Å². The van der Waals surface area contributed by atoms with Gasteiger partial charge in [-0.1, -0.05) is 0 Å². The Labute approximate surface area is 92.0 Å². The van der Waals surface area contributed by atoms with Gasteiger partial charge in [-0.05, 0) is 45.2 Å². The molecule has 0 unspecified atom stereocenters. The molecule has 0 aliphatic heterocycles. The maximum absolute atomic E-state index is 5.72. The van der Waals surface area contributed by atoms with Gasteiger partial charge in [-0.25, -0.2) is 4.98 Å². The lowest BCUT2D eigenvalue weighted by Crippen LogP contribution is -1.98. The Bertz CT molecular complexity index is 278. The van der Waals surface area contributed by atoms with E-state index in [2.05, 4.69) is 50.2 Å². The van der Waals surface area contributed by atoms with Crippen LogP contribution >= 0.6 is 45.2 Å². The lowest BCUT2D eigenvalue weighted by Gasteiger charge is -2.04. The first-order valence-corrected chi connectivity index (χ1v) is 4.96. The van der Waals surface area contributed by atoms with Crippen molar-refractivity contribution in [1.82, 2.24) is 4.98 Å². The van der Waals surface area contributed by atoms with Crippen molar-refractivity contribution < 1.29 is 4.74 Å². The van der Waals surface area contributed by atoms with E-state index < -0.39 is 0 Å². The number of nitrogens with two attached hydrogens (primary N) is 1. The van der Waals surface area contributed by atoms with Crippen LogP contribution in [0, 0.1) is 7.14 Å². The second-order valence-corrected chi connectivity index (χ2v) is 4.08. The number of anilines is 1. The first-order chi connectivity index (χ1) is 5.16. The van der Waals surface area contributed by atoms with Gasteiger partial charge < -0.3 is 10.5 Å². The highest BCUT2D eigenvalue weighted by atomic mass is 127. The van der Waals surface area contributed by atoms with Gasteiger partial charge in [-0.2, -0.15) is 0 Å². The monoisotopic (exact) mass is 376 g/mol. The molecular formula is C6H6I2N2O. The summed E-state index contributed by atoms with van der Waals surface area (Å²) < 4.78 is 6.80. The van der Waals surface area contributed by atoms with Crippen LogP contribution in [0.1, 0.15) is 0 Å². The van der Waals surface area contributed by atoms with E-state index >= 15 is 0 Å². The number of hydrogen-bond donors (Lipinski definition) is 1. The number of methoxy groups -OCH3 is 1. The van der Waals surface area contributed by atoms with E-state index in [0.29, 0.717) is 5.88 Å². The summed E-state index contributed by atoms with van der Waals surface area (Å²) in [5, 5.41) is 0. The van der Waals surface area contributed by atoms with Crippen LogP contribution in [0.25, 0.3) is 0 Å². The molecule has 0 saturated heterocycles. The molecule has 0 bridgehead atoms. The minimum absolute atomic E-state index is 0.587. The number of nitrogens with zero attached hydrogens (tertiary/aromatic N) is 1. The van der Waals surface area contributed by atoms with E-state index in [1.807, 2.05) is 0 Å². The molecule has 0 fully saturated rings. The number of aromatic nitrogens is 1. The Morgan fingerprint density at radius 3 is 2.73 bits per heavy atom. The quantitative estimate of drug-likeness (QED) is 0.762. The normalized spacial score (nSPS) is 9.73. The minimum atomic E-state index is 0.587. The molecule has 3 nitrogen and oxygen atoms in total. The zero-order valence-electron chi connectivity index (χ0n) is 5.77. The Balaban J connectivity index is 3.25. The number of rotatable bonds is 1. The van der Waals surface area contributed by atoms with Gasteiger partial charge in [0.2, 0.25) is 5.88 Å². The van der Waals surface area contributed by atoms with Crippen molar-refractivity contribution in [3.05, 3.63) is 13.3 Å². The predicted molar refractivity (Wildman–Crippen MR) is 60.6 cm³/mol. The second-order valence-electron chi connectivity index (χ2n) is 1.84. The highest BCUT2D eigenvalue weighted by Crippen LogP contribution is 2.27. The third-order valence-electron chi connectivity index (χ3n) is 1.17. The summed E-state index contributed by atoms with van der Waals surface area (Å²) in [6.07, 6.45) is 1.69. The fourth-order valence-corrected chi connectivity index (χ4v) is 2.18. The first kappa shape index (κ1) is 9.30. The standard InChI is InChI=1S/C6H6I2N2O/c1-11-6-4(8)5(9)3(7)2-10-6/h2H,1H3,(H2,9,10). The molecule has 5 heteroatoms. The molecule has 0 atom stereocenters. The molecule has 60 valence electrons. The molecule has 2 N–H and O–H groups in total. The van der Waals surface area contributed by atoms with E-state index in [-0.39, 0.29) is 0 Å². The van der Waals surface area contributed by atoms with Gasteiger partial charge in [0.25, 0.3) is 0 Å². The predicted octanol–water partition coefficient (Wildman–Crippen LogP) is 1.88. The van der Waals surface area contributed by atoms with Crippen LogP contribution < -0.4 is 10.5 Å². The first-order valence-electron chi connectivity index (χ1n) is 2.80. The number of ether oxygens (including phenoxy) is 1. The van der Waals surface area contributed by atoms with Gasteiger partial charge in [-0.3, -0.25) is 0 Å². The molecule has 0 amide bonds. The second kappa shape index (κ2) is 3.74. The average molecular weight is 376 g/mol. The van der Waals surface area contributed by atoms with Crippen LogP contribution in [-0.2, 0) is 0 Å². The van der Waals surface area contributed by atoms with E-state index in [4.69, 9.17) is 10.5 Å². The number of pyridine rings is 1. The lowest BCUT2D eigenvalue weighted by molar-refractivity contribution is 0.395. The zero-order chi connectivity index (χ0) is 8.43. The van der Waals surface area contributed by atoms with E-state index in [0.717, 1.165) is 12.8 Å². The van der Waals surface area contributed by atoms with E-state index in [9.17, 15) is 0 Å². The van der Waals surface area contributed by atoms with Crippen molar-refractivity contribution in [2.75, 3.05) is 12.8 Å². The molecule has 0 saturated carbocycles. The van der Waals surface area contributed by atoms with Crippen molar-refractivity contribution in [3.8, 4) is 5.88 Å². The van der Waals surface area contributed by atoms with Gasteiger partial charge in [-0.15, -0.1) is 0 Å². The van der Waals surface area contributed by atoms with Gasteiger partial charge in [0.05, 0.1) is 19.9 Å². The Kier molecular flexibility index (Phi) is 3.16. The molecule has 0 spiro atoms. The summed E-state index contributed by atoms with van der Waals surface area (Å²) in [6, 6.07) is 0. The lowest BCUT2D eigenvalue weighted by atomic mass is 10.4. The maximum atomic E-state index is 5.72. The van der Waals surface area contributed by atoms with Gasteiger partial charge in [0, 0.05) is 6.20 Å². The Hall–Kier alpha value is 0.210. The average Bonchev–Trinajstić information content (AvgIpc) is 2.01. The summed E-state index contributed by atoms with van der Waals surface area (Å²) >= 11 is 4.25. The highest BCUT2D eigenvalue weighted by Gasteiger charge is 2.07. The van der Waals surface area contributed by atoms with Crippen LogP contribution in [0.4, 0.5) is 5.69 Å². The number of hydrogen-bond acceptors (Lipinski definition) is 3. The van der Waals surface area contributed by atoms with Crippen molar-refractivity contribution in [2.45, 2.75) is 0 Å². The Morgan fingerprint density at radius 2 is 2.18 bits per heavy atom. The van der Waals surface area contributed by atoms with Crippen LogP contribution in [0.2, 0.25) is 0 Å². The van der Waals surface area contributed by atoms with Crippen molar-refractivity contribution in [3.63, 3.8) is 0 Å². The number of nitrogen functional groups attached to an aromatic ring is 1. The fourth-order valence-electron chi connectivity index (χ4n) is 0.604. The van der Waals surface area contributed by atoms with Crippen LogP contribution in [0.15, 0.2) is 6.20 Å². The molecular weight excluding hydrogens is 370 g/mol. The van der Waals surface area contributed by atoms with Crippen LogP contribution in [-0.4, -0.2) is 12.1 Å².